The summed E-state index contributed by atoms with van der Waals surface area (Å²) in [6.07, 6.45) is 3.55. The third-order valence-corrected chi connectivity index (χ3v) is 5.40. The van der Waals surface area contributed by atoms with Gasteiger partial charge in [0.05, 0.1) is 6.42 Å². The number of anilines is 1. The van der Waals surface area contributed by atoms with Crippen LogP contribution in [-0.4, -0.2) is 50.7 Å². The molecule has 2 aromatic carbocycles. The van der Waals surface area contributed by atoms with E-state index in [9.17, 15) is 19.2 Å². The van der Waals surface area contributed by atoms with E-state index >= 15 is 0 Å². The first-order valence-electron chi connectivity index (χ1n) is 10.5. The van der Waals surface area contributed by atoms with Crippen molar-refractivity contribution in [3.8, 4) is 0 Å². The monoisotopic (exact) mass is 445 g/mol. The van der Waals surface area contributed by atoms with Crippen molar-refractivity contribution >= 4 is 29.3 Å². The highest BCUT2D eigenvalue weighted by atomic mass is 16.2. The molecular weight excluding hydrogens is 422 g/mol. The quantitative estimate of drug-likeness (QED) is 0.407. The number of rotatable bonds is 8. The molecule has 2 heterocycles. The molecule has 1 aliphatic rings. The molecule has 33 heavy (non-hydrogen) atoms. The van der Waals surface area contributed by atoms with Crippen molar-refractivity contribution in [2.45, 2.75) is 18.9 Å². The Labute approximate surface area is 190 Å². The molecule has 168 valence electrons. The minimum absolute atomic E-state index is 0.204. The average Bonchev–Trinajstić information content (AvgIpc) is 3.35. The molecular formula is C24H23N5O4. The van der Waals surface area contributed by atoms with Crippen LogP contribution in [0, 0.1) is 0 Å². The Kier molecular flexibility index (Phi) is 6.30. The molecule has 0 saturated carbocycles. The van der Waals surface area contributed by atoms with E-state index in [1.165, 1.54) is 6.20 Å². The molecule has 9 heteroatoms. The molecule has 1 saturated heterocycles. The molecule has 0 unspecified atom stereocenters. The van der Waals surface area contributed by atoms with Crippen LogP contribution in [0.1, 0.15) is 28.2 Å². The summed E-state index contributed by atoms with van der Waals surface area (Å²) in [5.41, 5.74) is 1.80. The second kappa shape index (κ2) is 9.47. The number of benzene rings is 2. The molecule has 1 aromatic heterocycles. The van der Waals surface area contributed by atoms with Gasteiger partial charge in [-0.2, -0.15) is 0 Å². The lowest BCUT2D eigenvalue weighted by molar-refractivity contribution is -0.129. The van der Waals surface area contributed by atoms with Gasteiger partial charge in [-0.15, -0.1) is 0 Å². The van der Waals surface area contributed by atoms with Crippen LogP contribution in [0.25, 0.3) is 0 Å². The zero-order valence-corrected chi connectivity index (χ0v) is 18.0. The number of aryl methyl sites for hydroxylation is 1. The van der Waals surface area contributed by atoms with E-state index in [4.69, 9.17) is 0 Å². The molecule has 3 aromatic rings. The Morgan fingerprint density at radius 2 is 1.88 bits per heavy atom. The number of aromatic nitrogens is 2. The number of hydrogen-bond donors (Lipinski definition) is 2. The first kappa shape index (κ1) is 21.9. The maximum absolute atomic E-state index is 12.6. The predicted octanol–water partition coefficient (Wildman–Crippen LogP) is 2.14. The number of imide groups is 1. The number of ketones is 1. The lowest BCUT2D eigenvalue weighted by atomic mass is 10.1. The summed E-state index contributed by atoms with van der Waals surface area (Å²) in [4.78, 5) is 55.2. The number of carbonyl (C=O) groups is 4. The van der Waals surface area contributed by atoms with Gasteiger partial charge in [-0.1, -0.05) is 42.5 Å². The topological polar surface area (TPSA) is 113 Å². The van der Waals surface area contributed by atoms with Crippen LogP contribution in [0.15, 0.2) is 67.0 Å². The Morgan fingerprint density at radius 3 is 2.61 bits per heavy atom. The van der Waals surface area contributed by atoms with Gasteiger partial charge < -0.3 is 15.2 Å². The van der Waals surface area contributed by atoms with Crippen molar-refractivity contribution in [2.75, 3.05) is 11.9 Å². The molecule has 0 radical (unpaired) electrons. The van der Waals surface area contributed by atoms with E-state index < -0.39 is 23.9 Å². The van der Waals surface area contributed by atoms with Gasteiger partial charge in [0.2, 0.25) is 11.7 Å². The summed E-state index contributed by atoms with van der Waals surface area (Å²) in [6.45, 7) is 0.240. The van der Waals surface area contributed by atoms with Crippen molar-refractivity contribution in [1.29, 1.82) is 0 Å². The van der Waals surface area contributed by atoms with Crippen LogP contribution in [0.5, 0.6) is 0 Å². The fourth-order valence-electron chi connectivity index (χ4n) is 3.66. The van der Waals surface area contributed by atoms with Gasteiger partial charge in [-0.3, -0.25) is 19.3 Å². The van der Waals surface area contributed by atoms with Gasteiger partial charge >= 0.3 is 6.03 Å². The number of amides is 4. The zero-order valence-electron chi connectivity index (χ0n) is 18.0. The molecule has 1 atom stereocenters. The predicted molar refractivity (Wildman–Crippen MR) is 121 cm³/mol. The normalized spacial score (nSPS) is 15.4. The van der Waals surface area contributed by atoms with E-state index in [1.54, 1.807) is 42.1 Å². The zero-order chi connectivity index (χ0) is 23.4. The van der Waals surface area contributed by atoms with Crippen LogP contribution < -0.4 is 10.6 Å². The first-order valence-corrected chi connectivity index (χ1v) is 10.5. The van der Waals surface area contributed by atoms with E-state index in [2.05, 4.69) is 15.6 Å². The van der Waals surface area contributed by atoms with Crippen LogP contribution in [0.4, 0.5) is 10.5 Å². The second-order valence-electron chi connectivity index (χ2n) is 7.75. The first-order chi connectivity index (χ1) is 15.9. The van der Waals surface area contributed by atoms with E-state index in [1.807, 2.05) is 30.3 Å². The lowest BCUT2D eigenvalue weighted by Crippen LogP contribution is -2.35. The Balaban J connectivity index is 1.35. The molecule has 0 aliphatic carbocycles. The maximum atomic E-state index is 12.6. The molecule has 1 fully saturated rings. The van der Waals surface area contributed by atoms with Crippen molar-refractivity contribution < 1.29 is 19.2 Å². The van der Waals surface area contributed by atoms with Crippen molar-refractivity contribution in [2.24, 2.45) is 7.05 Å². The molecule has 4 amide bonds. The summed E-state index contributed by atoms with van der Waals surface area (Å²) in [7, 11) is 1.72. The maximum Gasteiger partial charge on any atom is 0.324 e. The molecule has 2 N–H and O–H groups in total. The minimum Gasteiger partial charge on any atom is -0.331 e. The van der Waals surface area contributed by atoms with E-state index in [0.29, 0.717) is 17.7 Å². The van der Waals surface area contributed by atoms with E-state index in [0.717, 1.165) is 10.5 Å². The standard InChI is InChI=1S/C24H23N5O4/c1-28-13-11-25-22(28)21(31)17-8-5-9-18(14-17)26-20(30)15-19-23(32)29(24(33)27-19)12-10-16-6-3-2-4-7-16/h2-9,11,13-14,19H,10,12,15H2,1H3,(H,26,30)(H,27,33)/t19-/m1/s1. The van der Waals surface area contributed by atoms with Crippen LogP contribution in [0.2, 0.25) is 0 Å². The van der Waals surface area contributed by atoms with Gasteiger partial charge in [0.1, 0.15) is 6.04 Å². The summed E-state index contributed by atoms with van der Waals surface area (Å²) in [6, 6.07) is 14.6. The fraction of sp³-hybridized carbons (Fsp3) is 0.208. The number of imidazole rings is 1. The Morgan fingerprint density at radius 1 is 1.09 bits per heavy atom. The van der Waals surface area contributed by atoms with Crippen LogP contribution in [0.3, 0.4) is 0 Å². The highest BCUT2D eigenvalue weighted by Crippen LogP contribution is 2.16. The van der Waals surface area contributed by atoms with Gasteiger partial charge in [-0.05, 0) is 24.1 Å². The molecule has 4 rings (SSSR count). The molecule has 0 bridgehead atoms. The molecule has 9 nitrogen and oxygen atoms in total. The number of hydrogen-bond acceptors (Lipinski definition) is 5. The van der Waals surface area contributed by atoms with Crippen molar-refractivity contribution in [3.05, 3.63) is 83.9 Å². The fourth-order valence-corrected chi connectivity index (χ4v) is 3.66. The van der Waals surface area contributed by atoms with Gasteiger partial charge in [0.15, 0.2) is 5.82 Å². The highest BCUT2D eigenvalue weighted by molar-refractivity contribution is 6.08. The van der Waals surface area contributed by atoms with Gasteiger partial charge in [-0.25, -0.2) is 9.78 Å². The summed E-state index contributed by atoms with van der Waals surface area (Å²) in [5, 5.41) is 5.26. The van der Waals surface area contributed by atoms with Crippen LogP contribution >= 0.6 is 0 Å². The number of carbonyl (C=O) groups excluding carboxylic acids is 4. The van der Waals surface area contributed by atoms with Crippen molar-refractivity contribution in [1.82, 2.24) is 19.8 Å². The number of urea groups is 1. The Bertz CT molecular complexity index is 1200. The lowest BCUT2D eigenvalue weighted by Gasteiger charge is -2.13. The summed E-state index contributed by atoms with van der Waals surface area (Å²) >= 11 is 0. The second-order valence-corrected chi connectivity index (χ2v) is 7.75. The molecule has 0 spiro atoms. The van der Waals surface area contributed by atoms with Gasteiger partial charge in [0.25, 0.3) is 5.91 Å². The highest BCUT2D eigenvalue weighted by Gasteiger charge is 2.38. The largest absolute Gasteiger partial charge is 0.331 e. The third-order valence-electron chi connectivity index (χ3n) is 5.40. The van der Waals surface area contributed by atoms with Gasteiger partial charge in [0, 0.05) is 37.2 Å². The smallest absolute Gasteiger partial charge is 0.324 e. The summed E-state index contributed by atoms with van der Waals surface area (Å²) in [5.74, 6) is -0.857. The number of nitrogens with one attached hydrogen (secondary N) is 2. The summed E-state index contributed by atoms with van der Waals surface area (Å²) < 4.78 is 1.62. The van der Waals surface area contributed by atoms with Crippen LogP contribution in [-0.2, 0) is 23.1 Å². The third kappa shape index (κ3) is 4.98. The van der Waals surface area contributed by atoms with Crippen molar-refractivity contribution in [3.63, 3.8) is 0 Å². The minimum atomic E-state index is -0.925. The molecule has 1 aliphatic heterocycles. The number of nitrogens with zero attached hydrogens (tertiary/aromatic N) is 3. The SMILES string of the molecule is Cn1ccnc1C(=O)c1cccc(NC(=O)C[C@H]2NC(=O)N(CCc3ccccc3)C2=O)c1. The van der Waals surface area contributed by atoms with E-state index in [-0.39, 0.29) is 24.6 Å². The Hall–Kier alpha value is -4.27. The average molecular weight is 445 g/mol.